The summed E-state index contributed by atoms with van der Waals surface area (Å²) in [6.07, 6.45) is 0.200. The molecule has 1 atom stereocenters. The molecule has 0 aliphatic carbocycles. The van der Waals surface area contributed by atoms with Gasteiger partial charge in [-0.25, -0.2) is 0 Å². The van der Waals surface area contributed by atoms with Gasteiger partial charge < -0.3 is 30.5 Å². The summed E-state index contributed by atoms with van der Waals surface area (Å²) >= 11 is 0. The second-order valence-electron chi connectivity index (χ2n) is 8.84. The van der Waals surface area contributed by atoms with Crippen molar-refractivity contribution in [2.75, 3.05) is 23.9 Å². The lowest BCUT2D eigenvalue weighted by Crippen LogP contribution is -2.38. The summed E-state index contributed by atoms with van der Waals surface area (Å²) < 4.78 is 10.5. The number of nitrogens with one attached hydrogen (secondary N) is 2. The number of nitrogens with two attached hydrogens (primary N) is 1. The highest BCUT2D eigenvalue weighted by molar-refractivity contribution is 6.05. The highest BCUT2D eigenvalue weighted by atomic mass is 16.5. The fourth-order valence-electron chi connectivity index (χ4n) is 3.93. The summed E-state index contributed by atoms with van der Waals surface area (Å²) in [5.41, 5.74) is 8.80. The highest BCUT2D eigenvalue weighted by Gasteiger charge is 2.29. The number of rotatable bonds is 8. The van der Waals surface area contributed by atoms with Gasteiger partial charge in [-0.2, -0.15) is 0 Å². The van der Waals surface area contributed by atoms with Crippen molar-refractivity contribution in [2.24, 2.45) is 11.7 Å². The van der Waals surface area contributed by atoms with Crippen molar-refractivity contribution in [3.63, 3.8) is 0 Å². The average molecular weight is 547 g/mol. The van der Waals surface area contributed by atoms with Gasteiger partial charge in [0.2, 0.25) is 5.91 Å². The zero-order valence-electron chi connectivity index (χ0n) is 22.0. The van der Waals surface area contributed by atoms with Crippen molar-refractivity contribution in [3.05, 3.63) is 89.5 Å². The van der Waals surface area contributed by atoms with Gasteiger partial charge in [0, 0.05) is 24.2 Å². The molecule has 0 spiro atoms. The zero-order chi connectivity index (χ0) is 29.2. The van der Waals surface area contributed by atoms with Crippen LogP contribution in [0.4, 0.5) is 11.4 Å². The molecule has 1 aliphatic rings. The normalized spacial score (nSPS) is 12.6. The SMILES string of the molecule is CC(=O)O.COC(=O)C(Cc1ccccc1)C(=O)Nc1ccc2c(c1)OCC(=O)N2Cc1ccc(C(=N)N)cc1. The van der Waals surface area contributed by atoms with E-state index >= 15 is 0 Å². The molecule has 11 heteroatoms. The summed E-state index contributed by atoms with van der Waals surface area (Å²) in [5.74, 6) is -2.78. The van der Waals surface area contributed by atoms with E-state index in [1.807, 2.05) is 42.5 Å². The van der Waals surface area contributed by atoms with Gasteiger partial charge in [-0.3, -0.25) is 24.6 Å². The molecule has 3 aromatic carbocycles. The second-order valence-corrected chi connectivity index (χ2v) is 8.84. The number of amides is 2. The molecular formula is C29H30N4O7. The number of anilines is 2. The minimum atomic E-state index is -1.02. The molecule has 1 aliphatic heterocycles. The van der Waals surface area contributed by atoms with Crippen LogP contribution in [0.3, 0.4) is 0 Å². The van der Waals surface area contributed by atoms with Crippen LogP contribution < -0.4 is 20.7 Å². The Morgan fingerprint density at radius 1 is 1.07 bits per heavy atom. The number of carbonyl (C=O) groups is 4. The number of ether oxygens (including phenoxy) is 2. The van der Waals surface area contributed by atoms with Crippen molar-refractivity contribution < 1.29 is 33.8 Å². The Balaban J connectivity index is 0.00000103. The minimum absolute atomic E-state index is 0.0258. The third kappa shape index (κ3) is 7.90. The number of aliphatic carboxylic acids is 1. The predicted molar refractivity (Wildman–Crippen MR) is 148 cm³/mol. The van der Waals surface area contributed by atoms with Gasteiger partial charge >= 0.3 is 5.97 Å². The number of hydrogen-bond donors (Lipinski definition) is 4. The van der Waals surface area contributed by atoms with Crippen LogP contribution in [0, 0.1) is 11.3 Å². The molecule has 0 bridgehead atoms. The first-order valence-corrected chi connectivity index (χ1v) is 12.2. The number of carboxylic acid groups (broad SMARTS) is 1. The van der Waals surface area contributed by atoms with Crippen molar-refractivity contribution >= 4 is 41.0 Å². The third-order valence-corrected chi connectivity index (χ3v) is 5.86. The van der Waals surface area contributed by atoms with Gasteiger partial charge in [-0.15, -0.1) is 0 Å². The van der Waals surface area contributed by atoms with E-state index < -0.39 is 23.8 Å². The number of carboxylic acids is 1. The van der Waals surface area contributed by atoms with E-state index in [0.717, 1.165) is 18.1 Å². The fourth-order valence-corrected chi connectivity index (χ4v) is 3.93. The Morgan fingerprint density at radius 2 is 1.73 bits per heavy atom. The van der Waals surface area contributed by atoms with E-state index in [1.54, 1.807) is 35.2 Å². The molecule has 2 amide bonds. The maximum Gasteiger partial charge on any atom is 0.318 e. The van der Waals surface area contributed by atoms with Crippen LogP contribution in [-0.4, -0.2) is 48.4 Å². The number of esters is 1. The van der Waals surface area contributed by atoms with E-state index in [2.05, 4.69) is 5.32 Å². The molecule has 208 valence electrons. The van der Waals surface area contributed by atoms with Gasteiger partial charge in [0.25, 0.3) is 11.9 Å². The minimum Gasteiger partial charge on any atom is -0.481 e. The quantitative estimate of drug-likeness (QED) is 0.144. The number of nitrogen functional groups attached to an aromatic ring is 1. The van der Waals surface area contributed by atoms with Gasteiger partial charge in [-0.1, -0.05) is 54.6 Å². The topological polar surface area (TPSA) is 172 Å². The van der Waals surface area contributed by atoms with Crippen molar-refractivity contribution in [3.8, 4) is 5.75 Å². The molecule has 5 N–H and O–H groups in total. The Hall–Kier alpha value is -5.19. The van der Waals surface area contributed by atoms with Crippen molar-refractivity contribution in [2.45, 2.75) is 19.9 Å². The second kappa shape index (κ2) is 13.6. The van der Waals surface area contributed by atoms with Gasteiger partial charge in [-0.05, 0) is 29.7 Å². The molecule has 4 rings (SSSR count). The van der Waals surface area contributed by atoms with Crippen molar-refractivity contribution in [1.82, 2.24) is 0 Å². The molecule has 0 fully saturated rings. The van der Waals surface area contributed by atoms with Gasteiger partial charge in [0.15, 0.2) is 6.61 Å². The average Bonchev–Trinajstić information content (AvgIpc) is 2.93. The van der Waals surface area contributed by atoms with E-state index in [-0.39, 0.29) is 24.8 Å². The number of methoxy groups -OCH3 is 1. The van der Waals surface area contributed by atoms with E-state index in [1.165, 1.54) is 7.11 Å². The number of hydrogen-bond acceptors (Lipinski definition) is 7. The van der Waals surface area contributed by atoms with Crippen LogP contribution in [0.2, 0.25) is 0 Å². The highest BCUT2D eigenvalue weighted by Crippen LogP contribution is 2.35. The lowest BCUT2D eigenvalue weighted by atomic mass is 9.98. The molecular weight excluding hydrogens is 516 g/mol. The summed E-state index contributed by atoms with van der Waals surface area (Å²) in [6, 6.07) is 21.3. The summed E-state index contributed by atoms with van der Waals surface area (Å²) in [6.45, 7) is 1.25. The van der Waals surface area contributed by atoms with Gasteiger partial charge in [0.05, 0.1) is 19.3 Å². The Bertz CT molecular complexity index is 1390. The largest absolute Gasteiger partial charge is 0.481 e. The lowest BCUT2D eigenvalue weighted by Gasteiger charge is -2.30. The lowest BCUT2D eigenvalue weighted by molar-refractivity contribution is -0.148. The molecule has 1 unspecified atom stereocenters. The number of fused-ring (bicyclic) bond motifs is 1. The monoisotopic (exact) mass is 546 g/mol. The smallest absolute Gasteiger partial charge is 0.318 e. The predicted octanol–water partition coefficient (Wildman–Crippen LogP) is 2.96. The number of nitrogens with zero attached hydrogens (tertiary/aromatic N) is 1. The standard InChI is InChI=1S/C27H26N4O5.C2H4O2/c1-35-27(34)21(13-17-5-3-2-4-6-17)26(33)30-20-11-12-22-23(14-20)36-16-24(32)31(22)15-18-7-9-19(10-8-18)25(28)29;1-2(3)4/h2-12,14,21H,13,15-16H2,1H3,(H3,28,29)(H,30,33);1H3,(H,3,4). The molecule has 0 saturated heterocycles. The molecule has 3 aromatic rings. The van der Waals surface area contributed by atoms with Crippen LogP contribution in [0.1, 0.15) is 23.6 Å². The number of benzene rings is 3. The molecule has 40 heavy (non-hydrogen) atoms. The molecule has 0 aromatic heterocycles. The van der Waals surface area contributed by atoms with Crippen LogP contribution in [0.5, 0.6) is 5.75 Å². The first-order valence-electron chi connectivity index (χ1n) is 12.2. The van der Waals surface area contributed by atoms with Gasteiger partial charge in [0.1, 0.15) is 17.5 Å². The molecule has 0 radical (unpaired) electrons. The Kier molecular flexibility index (Phi) is 9.95. The Morgan fingerprint density at radius 3 is 2.33 bits per heavy atom. The van der Waals surface area contributed by atoms with E-state index in [0.29, 0.717) is 29.2 Å². The van der Waals surface area contributed by atoms with E-state index in [4.69, 9.17) is 30.5 Å². The molecule has 11 nitrogen and oxygen atoms in total. The fraction of sp³-hybridized carbons (Fsp3) is 0.207. The molecule has 1 heterocycles. The molecule has 0 saturated carbocycles. The van der Waals surface area contributed by atoms with Crippen molar-refractivity contribution in [1.29, 1.82) is 5.41 Å². The first kappa shape index (κ1) is 29.4. The summed E-state index contributed by atoms with van der Waals surface area (Å²) in [5, 5.41) is 17.7. The summed E-state index contributed by atoms with van der Waals surface area (Å²) in [4.78, 5) is 48.5. The summed E-state index contributed by atoms with van der Waals surface area (Å²) in [7, 11) is 1.25. The number of amidine groups is 1. The third-order valence-electron chi connectivity index (χ3n) is 5.86. The maximum atomic E-state index is 13.0. The maximum absolute atomic E-state index is 13.0. The van der Waals surface area contributed by atoms with Crippen LogP contribution in [0.25, 0.3) is 0 Å². The van der Waals surface area contributed by atoms with Crippen LogP contribution in [0.15, 0.2) is 72.8 Å². The zero-order valence-corrected chi connectivity index (χ0v) is 22.0. The van der Waals surface area contributed by atoms with E-state index in [9.17, 15) is 14.4 Å². The Labute approximate surface area is 231 Å². The first-order chi connectivity index (χ1) is 19.1. The van der Waals surface area contributed by atoms with Crippen LogP contribution in [-0.2, 0) is 36.9 Å². The number of carbonyl (C=O) groups excluding carboxylic acids is 3. The van der Waals surface area contributed by atoms with Crippen LogP contribution >= 0.6 is 0 Å².